The van der Waals surface area contributed by atoms with Crippen LogP contribution in [-0.4, -0.2) is 41.0 Å². The van der Waals surface area contributed by atoms with E-state index in [4.69, 9.17) is 0 Å². The van der Waals surface area contributed by atoms with Crippen LogP contribution in [0.25, 0.3) is 0 Å². The first kappa shape index (κ1) is 15.5. The lowest BCUT2D eigenvalue weighted by atomic mass is 10.3. The summed E-state index contributed by atoms with van der Waals surface area (Å²) in [7, 11) is 0. The molecular weight excluding hydrogens is 309 g/mol. The summed E-state index contributed by atoms with van der Waals surface area (Å²) in [6, 6.07) is -1.02. The summed E-state index contributed by atoms with van der Waals surface area (Å²) in [4.78, 5) is 28.0. The van der Waals surface area contributed by atoms with Gasteiger partial charge in [-0.2, -0.15) is 13.2 Å². The maximum atomic E-state index is 12.4. The Labute approximate surface area is 122 Å². The Hall–Kier alpha value is -1.84. The minimum Gasteiger partial charge on any atom is -0.341 e. The lowest BCUT2D eigenvalue weighted by molar-refractivity contribution is -0.140. The minimum atomic E-state index is -4.54. The van der Waals surface area contributed by atoms with E-state index in [1.165, 1.54) is 0 Å². The van der Waals surface area contributed by atoms with E-state index in [0.717, 1.165) is 5.38 Å². The summed E-state index contributed by atoms with van der Waals surface area (Å²) >= 11 is 0.688. The molecule has 10 heteroatoms. The van der Waals surface area contributed by atoms with E-state index >= 15 is 0 Å². The molecule has 2 N–H and O–H groups in total. The van der Waals surface area contributed by atoms with Gasteiger partial charge in [-0.3, -0.25) is 10.1 Å². The molecule has 0 aromatic carbocycles. The number of anilines is 1. The molecule has 0 radical (unpaired) electrons. The van der Waals surface area contributed by atoms with Crippen LogP contribution < -0.4 is 10.6 Å². The molecule has 1 aliphatic rings. The van der Waals surface area contributed by atoms with Gasteiger partial charge in [0.1, 0.15) is 0 Å². The van der Waals surface area contributed by atoms with Crippen LogP contribution in [0, 0.1) is 0 Å². The molecule has 116 valence electrons. The highest BCUT2D eigenvalue weighted by Gasteiger charge is 2.34. The summed E-state index contributed by atoms with van der Waals surface area (Å²) in [6.07, 6.45) is -4.35. The summed E-state index contributed by atoms with van der Waals surface area (Å²) in [5.74, 6) is -0.0589. The van der Waals surface area contributed by atoms with Crippen LogP contribution in [0.5, 0.6) is 0 Å². The first-order valence-corrected chi connectivity index (χ1v) is 7.05. The maximum absolute atomic E-state index is 12.4. The van der Waals surface area contributed by atoms with Crippen molar-refractivity contribution in [2.24, 2.45) is 0 Å². The zero-order valence-corrected chi connectivity index (χ0v) is 11.8. The summed E-state index contributed by atoms with van der Waals surface area (Å²) in [6.45, 7) is 2.78. The van der Waals surface area contributed by atoms with Crippen molar-refractivity contribution in [1.29, 1.82) is 0 Å². The lowest BCUT2D eigenvalue weighted by Gasteiger charge is -2.14. The van der Waals surface area contributed by atoms with Crippen molar-refractivity contribution in [2.45, 2.75) is 25.6 Å². The standard InChI is InChI=1S/C11H13F3N4O2S/c1-2-18-4-6(3-8(18)19)15-9(20)17-10-16-7(5-21-10)11(12,13)14/h5-6H,2-4H2,1H3,(H2,15,16,17,20). The van der Waals surface area contributed by atoms with Crippen LogP contribution in [0.1, 0.15) is 19.0 Å². The van der Waals surface area contributed by atoms with E-state index in [0.29, 0.717) is 24.4 Å². The highest BCUT2D eigenvalue weighted by Crippen LogP contribution is 2.31. The first-order chi connectivity index (χ1) is 9.79. The second-order valence-corrected chi connectivity index (χ2v) is 5.33. The maximum Gasteiger partial charge on any atom is 0.434 e. The molecule has 0 bridgehead atoms. The normalized spacial score (nSPS) is 19.0. The first-order valence-electron chi connectivity index (χ1n) is 6.17. The summed E-state index contributed by atoms with van der Waals surface area (Å²) in [5.41, 5.74) is -1.05. The van der Waals surface area contributed by atoms with Gasteiger partial charge >= 0.3 is 12.2 Å². The number of halogens is 3. The number of hydrogen-bond acceptors (Lipinski definition) is 4. The van der Waals surface area contributed by atoms with E-state index in [2.05, 4.69) is 15.6 Å². The van der Waals surface area contributed by atoms with Gasteiger partial charge in [-0.25, -0.2) is 9.78 Å². The number of nitrogens with one attached hydrogen (secondary N) is 2. The fraction of sp³-hybridized carbons (Fsp3) is 0.545. The fourth-order valence-electron chi connectivity index (χ4n) is 1.95. The highest BCUT2D eigenvalue weighted by atomic mass is 32.1. The van der Waals surface area contributed by atoms with E-state index in [-0.39, 0.29) is 23.5 Å². The molecule has 0 aliphatic carbocycles. The molecule has 6 nitrogen and oxygen atoms in total. The van der Waals surface area contributed by atoms with Gasteiger partial charge < -0.3 is 10.2 Å². The molecule has 1 aliphatic heterocycles. The number of rotatable bonds is 3. The summed E-state index contributed by atoms with van der Waals surface area (Å²) in [5, 5.41) is 5.46. The van der Waals surface area contributed by atoms with Gasteiger partial charge in [0, 0.05) is 24.9 Å². The van der Waals surface area contributed by atoms with Crippen LogP contribution >= 0.6 is 11.3 Å². The Kier molecular flexibility index (Phi) is 4.35. The minimum absolute atomic E-state index is 0.0589. The Morgan fingerprint density at radius 3 is 2.81 bits per heavy atom. The van der Waals surface area contributed by atoms with E-state index < -0.39 is 17.9 Å². The molecule has 1 unspecified atom stereocenters. The molecule has 0 saturated carbocycles. The van der Waals surface area contributed by atoms with Gasteiger partial charge in [-0.05, 0) is 6.92 Å². The number of carbonyl (C=O) groups is 2. The predicted molar refractivity (Wildman–Crippen MR) is 69.9 cm³/mol. The molecule has 1 saturated heterocycles. The van der Waals surface area contributed by atoms with Crippen molar-refractivity contribution in [3.8, 4) is 0 Å². The quantitative estimate of drug-likeness (QED) is 0.892. The van der Waals surface area contributed by atoms with Crippen LogP contribution in [0.4, 0.5) is 23.1 Å². The number of urea groups is 1. The summed E-state index contributed by atoms with van der Waals surface area (Å²) < 4.78 is 37.1. The molecule has 2 heterocycles. The number of thiazole rings is 1. The van der Waals surface area contributed by atoms with Gasteiger partial charge in [-0.1, -0.05) is 0 Å². The van der Waals surface area contributed by atoms with Crippen molar-refractivity contribution in [3.05, 3.63) is 11.1 Å². The molecule has 1 fully saturated rings. The number of hydrogen-bond donors (Lipinski definition) is 2. The van der Waals surface area contributed by atoms with Gasteiger partial charge in [0.2, 0.25) is 5.91 Å². The molecule has 0 spiro atoms. The zero-order valence-electron chi connectivity index (χ0n) is 11.0. The SMILES string of the molecule is CCN1CC(NC(=O)Nc2nc(C(F)(F)F)cs2)CC1=O. The van der Waals surface area contributed by atoms with Crippen LogP contribution in [-0.2, 0) is 11.0 Å². The molecule has 1 aromatic rings. The van der Waals surface area contributed by atoms with Gasteiger partial charge in [0.25, 0.3) is 0 Å². The largest absolute Gasteiger partial charge is 0.434 e. The number of carbonyl (C=O) groups excluding carboxylic acids is 2. The number of amides is 3. The van der Waals surface area contributed by atoms with Crippen molar-refractivity contribution < 1.29 is 22.8 Å². The molecule has 1 atom stereocenters. The predicted octanol–water partition coefficient (Wildman–Crippen LogP) is 1.90. The van der Waals surface area contributed by atoms with Crippen LogP contribution in [0.15, 0.2) is 5.38 Å². The number of likely N-dealkylation sites (tertiary alicyclic amines) is 1. The third kappa shape index (κ3) is 3.84. The van der Waals surface area contributed by atoms with Gasteiger partial charge in [0.15, 0.2) is 10.8 Å². The molecule has 3 amide bonds. The molecule has 21 heavy (non-hydrogen) atoms. The van der Waals surface area contributed by atoms with Crippen molar-refractivity contribution in [1.82, 2.24) is 15.2 Å². The average molecular weight is 322 g/mol. The second-order valence-electron chi connectivity index (χ2n) is 4.47. The average Bonchev–Trinajstić information content (AvgIpc) is 2.95. The van der Waals surface area contributed by atoms with Crippen molar-refractivity contribution >= 4 is 28.4 Å². The van der Waals surface area contributed by atoms with Gasteiger partial charge in [-0.15, -0.1) is 11.3 Å². The second kappa shape index (κ2) is 5.88. The van der Waals surface area contributed by atoms with Crippen molar-refractivity contribution in [2.75, 3.05) is 18.4 Å². The van der Waals surface area contributed by atoms with E-state index in [1.54, 1.807) is 4.90 Å². The number of alkyl halides is 3. The Morgan fingerprint density at radius 2 is 2.29 bits per heavy atom. The molecular formula is C11H13F3N4O2S. The fourth-order valence-corrected chi connectivity index (χ4v) is 2.67. The topological polar surface area (TPSA) is 74.3 Å². The molecule has 2 rings (SSSR count). The lowest BCUT2D eigenvalue weighted by Crippen LogP contribution is -2.39. The Balaban J connectivity index is 1.88. The third-order valence-electron chi connectivity index (χ3n) is 2.95. The number of nitrogens with zero attached hydrogens (tertiary/aromatic N) is 2. The highest BCUT2D eigenvalue weighted by molar-refractivity contribution is 7.13. The smallest absolute Gasteiger partial charge is 0.341 e. The Bertz CT molecular complexity index is 546. The zero-order chi connectivity index (χ0) is 15.6. The number of likely N-dealkylation sites (N-methyl/N-ethyl adjacent to an activating group) is 1. The third-order valence-corrected chi connectivity index (χ3v) is 3.70. The Morgan fingerprint density at radius 1 is 1.57 bits per heavy atom. The monoisotopic (exact) mass is 322 g/mol. The van der Waals surface area contributed by atoms with E-state index in [9.17, 15) is 22.8 Å². The van der Waals surface area contributed by atoms with Crippen molar-refractivity contribution in [3.63, 3.8) is 0 Å². The van der Waals surface area contributed by atoms with Gasteiger partial charge in [0.05, 0.1) is 6.04 Å². The van der Waals surface area contributed by atoms with Crippen LogP contribution in [0.2, 0.25) is 0 Å². The molecule has 1 aromatic heterocycles. The number of aromatic nitrogens is 1. The van der Waals surface area contributed by atoms with E-state index in [1.807, 2.05) is 6.92 Å². The van der Waals surface area contributed by atoms with Crippen LogP contribution in [0.3, 0.4) is 0 Å².